The lowest BCUT2D eigenvalue weighted by molar-refractivity contribution is -0.118. The Morgan fingerprint density at radius 3 is 2.08 bits per heavy atom. The van der Waals surface area contributed by atoms with E-state index in [1.54, 1.807) is 12.1 Å². The molecule has 1 fully saturated rings. The third kappa shape index (κ3) is 7.08. The zero-order chi connectivity index (χ0) is 27.4. The van der Waals surface area contributed by atoms with Crippen LogP contribution in [0.5, 0.6) is 0 Å². The zero-order valence-electron chi connectivity index (χ0n) is 22.5. The monoisotopic (exact) mass is 525 g/mol. The van der Waals surface area contributed by atoms with Crippen LogP contribution in [0.15, 0.2) is 66.1 Å². The summed E-state index contributed by atoms with van der Waals surface area (Å²) >= 11 is 0. The van der Waals surface area contributed by atoms with Gasteiger partial charge in [-0.25, -0.2) is 8.42 Å². The van der Waals surface area contributed by atoms with Crippen molar-refractivity contribution in [2.24, 2.45) is 11.8 Å². The minimum absolute atomic E-state index is 0.0582. The van der Waals surface area contributed by atoms with Crippen molar-refractivity contribution in [3.8, 4) is 0 Å². The minimum Gasteiger partial charge on any atom is -0.352 e. The number of nitrogens with one attached hydrogen (secondary N) is 2. The van der Waals surface area contributed by atoms with Crippen LogP contribution in [-0.2, 0) is 26.7 Å². The molecule has 7 nitrogen and oxygen atoms in total. The Bertz CT molecular complexity index is 1200. The van der Waals surface area contributed by atoms with Crippen LogP contribution in [0.2, 0.25) is 0 Å². The Balaban J connectivity index is 1.58. The largest absolute Gasteiger partial charge is 0.352 e. The average molecular weight is 526 g/mol. The number of rotatable bonds is 8. The third-order valence-corrected chi connectivity index (χ3v) is 8.82. The SMILES string of the molecule is C=CC(=O)NC1C(C)CN(S(=O)(=O)c2ccc(C(=O)NCCc3ccc(C(C)(C)C)cc3)cc2)CC1C. The van der Waals surface area contributed by atoms with E-state index < -0.39 is 10.0 Å². The van der Waals surface area contributed by atoms with Crippen LogP contribution in [0, 0.1) is 11.8 Å². The highest BCUT2D eigenvalue weighted by atomic mass is 32.2. The van der Waals surface area contributed by atoms with Crippen molar-refractivity contribution in [3.05, 3.63) is 77.9 Å². The normalized spacial score (nSPS) is 20.7. The van der Waals surface area contributed by atoms with Crippen molar-refractivity contribution in [1.29, 1.82) is 0 Å². The highest BCUT2D eigenvalue weighted by molar-refractivity contribution is 7.89. The summed E-state index contributed by atoms with van der Waals surface area (Å²) in [5.41, 5.74) is 2.92. The summed E-state index contributed by atoms with van der Waals surface area (Å²) in [5.74, 6) is -0.613. The van der Waals surface area contributed by atoms with E-state index in [4.69, 9.17) is 0 Å². The van der Waals surface area contributed by atoms with Crippen molar-refractivity contribution < 1.29 is 18.0 Å². The fraction of sp³-hybridized carbons (Fsp3) is 0.448. The van der Waals surface area contributed by atoms with Crippen LogP contribution in [-0.4, -0.2) is 50.2 Å². The molecule has 0 radical (unpaired) electrons. The number of carbonyl (C=O) groups excluding carboxylic acids is 2. The molecule has 1 aliphatic rings. The van der Waals surface area contributed by atoms with Gasteiger partial charge in [0.1, 0.15) is 0 Å². The smallest absolute Gasteiger partial charge is 0.251 e. The molecule has 1 aliphatic heterocycles. The van der Waals surface area contributed by atoms with Crippen molar-refractivity contribution in [2.75, 3.05) is 19.6 Å². The summed E-state index contributed by atoms with van der Waals surface area (Å²) in [6.07, 6.45) is 1.94. The maximum atomic E-state index is 13.3. The molecule has 2 unspecified atom stereocenters. The van der Waals surface area contributed by atoms with Crippen molar-refractivity contribution in [3.63, 3.8) is 0 Å². The Morgan fingerprint density at radius 1 is 1.00 bits per heavy atom. The lowest BCUT2D eigenvalue weighted by Crippen LogP contribution is -2.55. The third-order valence-electron chi connectivity index (χ3n) is 6.98. The second-order valence-corrected chi connectivity index (χ2v) is 12.9. The first kappa shape index (κ1) is 28.6. The number of hydrogen-bond acceptors (Lipinski definition) is 4. The molecule has 1 saturated heterocycles. The Kier molecular flexibility index (Phi) is 8.97. The molecule has 0 aromatic heterocycles. The van der Waals surface area contributed by atoms with Crippen LogP contribution in [0.4, 0.5) is 0 Å². The van der Waals surface area contributed by atoms with E-state index in [2.05, 4.69) is 62.2 Å². The van der Waals surface area contributed by atoms with Gasteiger partial charge in [-0.1, -0.05) is 65.5 Å². The van der Waals surface area contributed by atoms with Crippen LogP contribution in [0.25, 0.3) is 0 Å². The first-order valence-electron chi connectivity index (χ1n) is 12.7. The Morgan fingerprint density at radius 2 is 1.57 bits per heavy atom. The van der Waals surface area contributed by atoms with Crippen molar-refractivity contribution in [1.82, 2.24) is 14.9 Å². The van der Waals surface area contributed by atoms with E-state index in [0.29, 0.717) is 31.6 Å². The molecule has 2 aromatic carbocycles. The van der Waals surface area contributed by atoms with E-state index >= 15 is 0 Å². The zero-order valence-corrected chi connectivity index (χ0v) is 23.3. The lowest BCUT2D eigenvalue weighted by Gasteiger charge is -2.40. The standard InChI is InChI=1S/C29H39N3O4S/c1-7-26(33)31-27-20(2)18-32(19-21(27)3)37(35,36)25-14-10-23(11-15-25)28(34)30-17-16-22-8-12-24(13-9-22)29(4,5)6/h7-15,20-21,27H,1,16-19H2,2-6H3,(H,30,34)(H,31,33). The molecule has 2 amide bonds. The first-order chi connectivity index (χ1) is 17.3. The second kappa shape index (κ2) is 11.6. The maximum absolute atomic E-state index is 13.3. The molecule has 0 saturated carbocycles. The second-order valence-electron chi connectivity index (χ2n) is 11.0. The topological polar surface area (TPSA) is 95.6 Å². The summed E-state index contributed by atoms with van der Waals surface area (Å²) in [4.78, 5) is 24.5. The van der Waals surface area contributed by atoms with E-state index in [1.165, 1.54) is 28.1 Å². The minimum atomic E-state index is -3.73. The Labute approximate surface area is 221 Å². The van der Waals surface area contributed by atoms with Gasteiger partial charge in [0, 0.05) is 31.2 Å². The van der Waals surface area contributed by atoms with Gasteiger partial charge in [-0.2, -0.15) is 4.31 Å². The number of carbonyl (C=O) groups is 2. The molecule has 0 aliphatic carbocycles. The summed E-state index contributed by atoms with van der Waals surface area (Å²) in [7, 11) is -3.73. The fourth-order valence-corrected chi connectivity index (χ4v) is 6.37. The average Bonchev–Trinajstić information content (AvgIpc) is 2.85. The molecule has 8 heteroatoms. The van der Waals surface area contributed by atoms with Gasteiger partial charge in [-0.15, -0.1) is 0 Å². The van der Waals surface area contributed by atoms with Crippen LogP contribution >= 0.6 is 0 Å². The highest BCUT2D eigenvalue weighted by Gasteiger charge is 2.38. The first-order valence-corrected chi connectivity index (χ1v) is 14.2. The summed E-state index contributed by atoms with van der Waals surface area (Å²) < 4.78 is 28.0. The molecule has 200 valence electrons. The van der Waals surface area contributed by atoms with Crippen LogP contribution < -0.4 is 10.6 Å². The molecular weight excluding hydrogens is 486 g/mol. The predicted octanol–water partition coefficient (Wildman–Crippen LogP) is 3.90. The van der Waals surface area contributed by atoms with Crippen molar-refractivity contribution in [2.45, 2.75) is 57.4 Å². The van der Waals surface area contributed by atoms with Gasteiger partial charge in [0.25, 0.3) is 5.91 Å². The predicted molar refractivity (Wildman–Crippen MR) is 147 cm³/mol. The van der Waals surface area contributed by atoms with E-state index in [9.17, 15) is 18.0 Å². The van der Waals surface area contributed by atoms with E-state index in [1.807, 2.05) is 13.8 Å². The van der Waals surface area contributed by atoms with E-state index in [-0.39, 0.29) is 40.0 Å². The molecule has 2 atom stereocenters. The highest BCUT2D eigenvalue weighted by Crippen LogP contribution is 2.27. The van der Waals surface area contributed by atoms with Gasteiger partial charge in [0.15, 0.2) is 0 Å². The maximum Gasteiger partial charge on any atom is 0.251 e. The summed E-state index contributed by atoms with van der Waals surface area (Å²) in [6.45, 7) is 15.0. The fourth-order valence-electron chi connectivity index (χ4n) is 4.73. The van der Waals surface area contributed by atoms with Gasteiger partial charge in [0.2, 0.25) is 15.9 Å². The van der Waals surface area contributed by atoms with Gasteiger partial charge in [-0.05, 0) is 65.1 Å². The molecule has 2 aromatic rings. The molecule has 2 N–H and O–H groups in total. The van der Waals surface area contributed by atoms with Gasteiger partial charge < -0.3 is 10.6 Å². The summed E-state index contributed by atoms with van der Waals surface area (Å²) in [6, 6.07) is 14.4. The van der Waals surface area contributed by atoms with Crippen LogP contribution in [0.3, 0.4) is 0 Å². The molecule has 37 heavy (non-hydrogen) atoms. The quantitative estimate of drug-likeness (QED) is 0.511. The van der Waals surface area contributed by atoms with Gasteiger partial charge in [0.05, 0.1) is 4.90 Å². The molecule has 1 heterocycles. The van der Waals surface area contributed by atoms with Crippen molar-refractivity contribution >= 4 is 21.8 Å². The Hall–Kier alpha value is -2.97. The molecule has 0 bridgehead atoms. The number of hydrogen-bond donors (Lipinski definition) is 2. The van der Waals surface area contributed by atoms with Crippen LogP contribution in [0.1, 0.15) is 56.1 Å². The molecular formula is C29H39N3O4S. The number of piperidine rings is 1. The molecule has 3 rings (SSSR count). The number of benzene rings is 2. The number of amides is 2. The number of nitrogens with zero attached hydrogens (tertiary/aromatic N) is 1. The molecule has 0 spiro atoms. The van der Waals surface area contributed by atoms with Gasteiger partial charge in [-0.3, -0.25) is 9.59 Å². The lowest BCUT2D eigenvalue weighted by atomic mass is 9.86. The summed E-state index contributed by atoms with van der Waals surface area (Å²) in [5, 5.41) is 5.82. The number of sulfonamides is 1. The van der Waals surface area contributed by atoms with E-state index in [0.717, 1.165) is 5.56 Å². The van der Waals surface area contributed by atoms with Gasteiger partial charge >= 0.3 is 0 Å².